The average Bonchev–Trinajstić information content (AvgIpc) is 3.06. The standard InChI is InChI=1S/C18H28N4O/c1-3-19-17(23)15-9-7-8-14(12-15)13-21-18(20-4-2)22-16-10-5-6-11-16/h7-9,12,16H,3-6,10-11,13H2,1-2H3,(H,19,23)(H2,20,21,22). The molecule has 2 rings (SSSR count). The molecular formula is C18H28N4O. The molecule has 5 heteroatoms. The third-order valence-corrected chi connectivity index (χ3v) is 3.99. The molecule has 0 saturated heterocycles. The molecule has 0 heterocycles. The van der Waals surface area contributed by atoms with Gasteiger partial charge in [-0.3, -0.25) is 4.79 Å². The molecular weight excluding hydrogens is 288 g/mol. The van der Waals surface area contributed by atoms with Gasteiger partial charge in [0.2, 0.25) is 0 Å². The fourth-order valence-corrected chi connectivity index (χ4v) is 2.83. The van der Waals surface area contributed by atoms with Crippen molar-refractivity contribution in [1.29, 1.82) is 0 Å². The van der Waals surface area contributed by atoms with Gasteiger partial charge in [0.25, 0.3) is 5.91 Å². The van der Waals surface area contributed by atoms with Crippen LogP contribution in [0, 0.1) is 0 Å². The van der Waals surface area contributed by atoms with Crippen molar-refractivity contribution in [3.63, 3.8) is 0 Å². The van der Waals surface area contributed by atoms with Crippen LogP contribution < -0.4 is 16.0 Å². The van der Waals surface area contributed by atoms with Crippen molar-refractivity contribution in [2.75, 3.05) is 13.1 Å². The van der Waals surface area contributed by atoms with Crippen molar-refractivity contribution in [1.82, 2.24) is 16.0 Å². The highest BCUT2D eigenvalue weighted by Crippen LogP contribution is 2.17. The van der Waals surface area contributed by atoms with Crippen molar-refractivity contribution in [3.05, 3.63) is 35.4 Å². The molecule has 3 N–H and O–H groups in total. The lowest BCUT2D eigenvalue weighted by Crippen LogP contribution is -2.42. The molecule has 0 aliphatic heterocycles. The SMILES string of the molecule is CCNC(=O)c1cccc(CN=C(NCC)NC2CCCC2)c1. The van der Waals surface area contributed by atoms with Crippen LogP contribution in [0.2, 0.25) is 0 Å². The molecule has 0 unspecified atom stereocenters. The third kappa shape index (κ3) is 5.58. The first-order chi connectivity index (χ1) is 11.2. The Kier molecular flexibility index (Phi) is 6.91. The zero-order valence-electron chi connectivity index (χ0n) is 14.2. The molecule has 1 saturated carbocycles. The fraction of sp³-hybridized carbons (Fsp3) is 0.556. The van der Waals surface area contributed by atoms with E-state index in [1.165, 1.54) is 25.7 Å². The van der Waals surface area contributed by atoms with Gasteiger partial charge in [0, 0.05) is 24.7 Å². The summed E-state index contributed by atoms with van der Waals surface area (Å²) in [6, 6.07) is 8.20. The number of rotatable bonds is 6. The summed E-state index contributed by atoms with van der Waals surface area (Å²) in [5.41, 5.74) is 1.73. The van der Waals surface area contributed by atoms with Crippen LogP contribution in [0.5, 0.6) is 0 Å². The Labute approximate surface area is 139 Å². The Morgan fingerprint density at radius 1 is 1.17 bits per heavy atom. The van der Waals surface area contributed by atoms with Gasteiger partial charge < -0.3 is 16.0 Å². The highest BCUT2D eigenvalue weighted by molar-refractivity contribution is 5.94. The predicted octanol–water partition coefficient (Wildman–Crippen LogP) is 2.43. The van der Waals surface area contributed by atoms with Crippen LogP contribution in [-0.2, 0) is 6.54 Å². The van der Waals surface area contributed by atoms with Crippen LogP contribution >= 0.6 is 0 Å². The Balaban J connectivity index is 2.00. The van der Waals surface area contributed by atoms with E-state index in [1.807, 2.05) is 31.2 Å². The molecule has 0 radical (unpaired) electrons. The maximum Gasteiger partial charge on any atom is 0.251 e. The van der Waals surface area contributed by atoms with E-state index in [0.29, 0.717) is 24.7 Å². The van der Waals surface area contributed by atoms with Crippen LogP contribution in [0.1, 0.15) is 55.5 Å². The van der Waals surface area contributed by atoms with E-state index in [-0.39, 0.29) is 5.91 Å². The molecule has 1 fully saturated rings. The molecule has 0 bridgehead atoms. The van der Waals surface area contributed by atoms with Gasteiger partial charge in [0.1, 0.15) is 0 Å². The summed E-state index contributed by atoms with van der Waals surface area (Å²) in [5.74, 6) is 0.831. The number of nitrogens with one attached hydrogen (secondary N) is 3. The lowest BCUT2D eigenvalue weighted by Gasteiger charge is -2.16. The minimum Gasteiger partial charge on any atom is -0.357 e. The summed E-state index contributed by atoms with van der Waals surface area (Å²) in [4.78, 5) is 16.6. The maximum atomic E-state index is 11.9. The molecule has 0 aromatic heterocycles. The Morgan fingerprint density at radius 2 is 1.91 bits per heavy atom. The highest BCUT2D eigenvalue weighted by Gasteiger charge is 2.15. The van der Waals surface area contributed by atoms with E-state index in [1.54, 1.807) is 0 Å². The summed E-state index contributed by atoms with van der Waals surface area (Å²) in [5, 5.41) is 9.62. The number of amides is 1. The van der Waals surface area contributed by atoms with Crippen LogP contribution in [0.4, 0.5) is 0 Å². The third-order valence-electron chi connectivity index (χ3n) is 3.99. The first-order valence-corrected chi connectivity index (χ1v) is 8.65. The number of benzene rings is 1. The van der Waals surface area contributed by atoms with Crippen molar-refractivity contribution < 1.29 is 4.79 Å². The van der Waals surface area contributed by atoms with Gasteiger partial charge >= 0.3 is 0 Å². The second-order valence-electron chi connectivity index (χ2n) is 5.88. The van der Waals surface area contributed by atoms with E-state index >= 15 is 0 Å². The topological polar surface area (TPSA) is 65.5 Å². The van der Waals surface area contributed by atoms with E-state index in [0.717, 1.165) is 18.1 Å². The van der Waals surface area contributed by atoms with E-state index < -0.39 is 0 Å². The molecule has 1 aliphatic carbocycles. The van der Waals surface area contributed by atoms with Crippen molar-refractivity contribution in [3.8, 4) is 0 Å². The van der Waals surface area contributed by atoms with Crippen LogP contribution in [0.15, 0.2) is 29.3 Å². The Morgan fingerprint density at radius 3 is 2.61 bits per heavy atom. The number of carbonyl (C=O) groups excluding carboxylic acids is 1. The fourth-order valence-electron chi connectivity index (χ4n) is 2.83. The van der Waals surface area contributed by atoms with E-state index in [2.05, 4.69) is 27.9 Å². The number of nitrogens with zero attached hydrogens (tertiary/aromatic N) is 1. The van der Waals surface area contributed by atoms with Gasteiger partial charge in [-0.05, 0) is 44.4 Å². The zero-order chi connectivity index (χ0) is 16.5. The summed E-state index contributed by atoms with van der Waals surface area (Å²) in [6.07, 6.45) is 5.03. The molecule has 23 heavy (non-hydrogen) atoms. The predicted molar refractivity (Wildman–Crippen MR) is 94.7 cm³/mol. The minimum absolute atomic E-state index is 0.0330. The molecule has 5 nitrogen and oxygen atoms in total. The Hall–Kier alpha value is -2.04. The van der Waals surface area contributed by atoms with Crippen molar-refractivity contribution in [2.45, 2.75) is 52.1 Å². The second-order valence-corrected chi connectivity index (χ2v) is 5.88. The molecule has 1 amide bonds. The minimum atomic E-state index is -0.0330. The zero-order valence-corrected chi connectivity index (χ0v) is 14.2. The largest absolute Gasteiger partial charge is 0.357 e. The second kappa shape index (κ2) is 9.18. The summed E-state index contributed by atoms with van der Waals surface area (Å²) < 4.78 is 0. The monoisotopic (exact) mass is 316 g/mol. The van der Waals surface area contributed by atoms with E-state index in [9.17, 15) is 4.79 Å². The number of hydrogen-bond donors (Lipinski definition) is 3. The number of hydrogen-bond acceptors (Lipinski definition) is 2. The summed E-state index contributed by atoms with van der Waals surface area (Å²) in [7, 11) is 0. The lowest BCUT2D eigenvalue weighted by molar-refractivity contribution is 0.0955. The summed E-state index contributed by atoms with van der Waals surface area (Å²) in [6.45, 7) is 6.04. The first-order valence-electron chi connectivity index (χ1n) is 8.65. The first kappa shape index (κ1) is 17.3. The van der Waals surface area contributed by atoms with Crippen LogP contribution in [-0.4, -0.2) is 31.0 Å². The van der Waals surface area contributed by atoms with Gasteiger partial charge in [-0.2, -0.15) is 0 Å². The maximum absolute atomic E-state index is 11.9. The van der Waals surface area contributed by atoms with E-state index in [4.69, 9.17) is 0 Å². The van der Waals surface area contributed by atoms with Crippen molar-refractivity contribution in [2.24, 2.45) is 4.99 Å². The normalized spacial score (nSPS) is 15.5. The quantitative estimate of drug-likeness (QED) is 0.558. The summed E-state index contributed by atoms with van der Waals surface area (Å²) >= 11 is 0. The smallest absolute Gasteiger partial charge is 0.251 e. The molecule has 0 atom stereocenters. The number of aliphatic imine (C=N–C) groups is 1. The molecule has 1 aromatic rings. The van der Waals surface area contributed by atoms with Gasteiger partial charge in [-0.25, -0.2) is 4.99 Å². The Bertz CT molecular complexity index is 536. The molecule has 1 aliphatic rings. The molecule has 1 aromatic carbocycles. The van der Waals surface area contributed by atoms with Gasteiger partial charge in [0.05, 0.1) is 6.54 Å². The number of carbonyl (C=O) groups is 1. The van der Waals surface area contributed by atoms with Crippen LogP contribution in [0.3, 0.4) is 0 Å². The van der Waals surface area contributed by atoms with Crippen LogP contribution in [0.25, 0.3) is 0 Å². The highest BCUT2D eigenvalue weighted by atomic mass is 16.1. The molecule has 126 valence electrons. The van der Waals surface area contributed by atoms with Gasteiger partial charge in [-0.15, -0.1) is 0 Å². The van der Waals surface area contributed by atoms with Gasteiger partial charge in [-0.1, -0.05) is 25.0 Å². The number of guanidine groups is 1. The lowest BCUT2D eigenvalue weighted by atomic mass is 10.1. The average molecular weight is 316 g/mol. The van der Waals surface area contributed by atoms with Crippen molar-refractivity contribution >= 4 is 11.9 Å². The molecule has 0 spiro atoms. The van der Waals surface area contributed by atoms with Gasteiger partial charge in [0.15, 0.2) is 5.96 Å².